The smallest absolute Gasteiger partial charge is 0.0603 e. The molecule has 3 heteroatoms. The van der Waals surface area contributed by atoms with Crippen LogP contribution in [0.3, 0.4) is 0 Å². The van der Waals surface area contributed by atoms with E-state index in [1.54, 1.807) is 0 Å². The quantitative estimate of drug-likeness (QED) is 0.755. The Hall–Kier alpha value is -0.540. The van der Waals surface area contributed by atoms with E-state index < -0.39 is 0 Å². The third kappa shape index (κ3) is 1.71. The van der Waals surface area contributed by atoms with Crippen LogP contribution in [-0.2, 0) is 0 Å². The molecule has 0 aliphatic rings. The summed E-state index contributed by atoms with van der Waals surface area (Å²) < 4.78 is 4.12. The molecular weight excluding hydrogens is 294 g/mol. The van der Waals surface area contributed by atoms with Crippen molar-refractivity contribution in [2.45, 2.75) is 0 Å². The zero-order valence-electron chi connectivity index (χ0n) is 6.67. The number of rotatable bonds is 1. The second-order valence-electron chi connectivity index (χ2n) is 2.59. The Morgan fingerprint density at radius 1 is 1.23 bits per heavy atom. The average Bonchev–Trinajstić information content (AvgIpc) is 2.62. The van der Waals surface area contributed by atoms with E-state index in [-0.39, 0.29) is 0 Å². The highest BCUT2D eigenvalue weighted by Crippen LogP contribution is 2.28. The van der Waals surface area contributed by atoms with Crippen molar-refractivity contribution < 1.29 is 0 Å². The zero-order valence-corrected chi connectivity index (χ0v) is 9.84. The van der Waals surface area contributed by atoms with Gasteiger partial charge >= 0.3 is 0 Å². The van der Waals surface area contributed by atoms with Gasteiger partial charge in [-0.25, -0.2) is 0 Å². The Labute approximate surface area is 93.6 Å². The highest BCUT2D eigenvalue weighted by atomic mass is 79.9. The molecule has 13 heavy (non-hydrogen) atoms. The molecule has 0 spiro atoms. The molecule has 0 bridgehead atoms. The Balaban J connectivity index is 2.59. The molecule has 0 aliphatic heterocycles. The first kappa shape index (κ1) is 9.03. The van der Waals surface area contributed by atoms with Gasteiger partial charge in [-0.2, -0.15) is 0 Å². The molecule has 0 atom stereocenters. The van der Waals surface area contributed by atoms with Crippen molar-refractivity contribution in [2.75, 3.05) is 0 Å². The third-order valence-corrected chi connectivity index (χ3v) is 3.78. The lowest BCUT2D eigenvalue weighted by atomic mass is 10.3. The van der Waals surface area contributed by atoms with Crippen molar-refractivity contribution in [1.82, 2.24) is 4.57 Å². The molecule has 1 aromatic carbocycles. The Morgan fingerprint density at radius 2 is 2.08 bits per heavy atom. The van der Waals surface area contributed by atoms with Gasteiger partial charge in [-0.3, -0.25) is 0 Å². The number of aromatic nitrogens is 1. The van der Waals surface area contributed by atoms with Gasteiger partial charge in [0, 0.05) is 22.9 Å². The maximum absolute atomic E-state index is 3.52. The Bertz CT molecular complexity index is 407. The van der Waals surface area contributed by atoms with Gasteiger partial charge in [-0.05, 0) is 50.1 Å². The van der Waals surface area contributed by atoms with E-state index in [1.165, 1.54) is 0 Å². The molecule has 0 N–H and O–H groups in total. The number of halogens is 2. The summed E-state index contributed by atoms with van der Waals surface area (Å²) in [6.07, 6.45) is 3.86. The summed E-state index contributed by atoms with van der Waals surface area (Å²) in [5, 5.41) is 0. The number of hydrogen-bond acceptors (Lipinski definition) is 0. The van der Waals surface area contributed by atoms with Crippen molar-refractivity contribution in [2.24, 2.45) is 0 Å². The van der Waals surface area contributed by atoms with Gasteiger partial charge in [-0.1, -0.05) is 6.07 Å². The molecular formula is C10H6Br2N. The van der Waals surface area contributed by atoms with Gasteiger partial charge in [-0.15, -0.1) is 0 Å². The number of nitrogens with zero attached hydrogens (tertiary/aromatic N) is 1. The molecule has 1 nitrogen and oxygen atoms in total. The first-order valence-corrected chi connectivity index (χ1v) is 5.36. The first-order valence-electron chi connectivity index (χ1n) is 3.77. The van der Waals surface area contributed by atoms with E-state index in [0.717, 1.165) is 14.6 Å². The van der Waals surface area contributed by atoms with Gasteiger partial charge in [0.15, 0.2) is 0 Å². The predicted octanol–water partition coefficient (Wildman–Crippen LogP) is 3.80. The minimum atomic E-state index is 1.05. The second kappa shape index (κ2) is 3.68. The lowest BCUT2D eigenvalue weighted by Gasteiger charge is -2.06. The standard InChI is InChI=1S/C10H6Br2N/c11-8-4-3-5-9(10(8)12)13-6-1-2-7-13/h1,3-7H. The topological polar surface area (TPSA) is 4.93 Å². The van der Waals surface area contributed by atoms with Crippen LogP contribution in [0, 0.1) is 6.07 Å². The van der Waals surface area contributed by atoms with Gasteiger partial charge in [0.2, 0.25) is 0 Å². The van der Waals surface area contributed by atoms with Crippen LogP contribution in [0.25, 0.3) is 5.69 Å². The van der Waals surface area contributed by atoms with Crippen molar-refractivity contribution in [3.8, 4) is 5.69 Å². The molecule has 0 saturated heterocycles. The molecule has 0 fully saturated rings. The minimum Gasteiger partial charge on any atom is -0.322 e. The summed E-state index contributed by atoms with van der Waals surface area (Å²) >= 11 is 6.98. The largest absolute Gasteiger partial charge is 0.322 e. The van der Waals surface area contributed by atoms with Crippen LogP contribution in [0.2, 0.25) is 0 Å². The molecule has 2 aromatic rings. The van der Waals surface area contributed by atoms with Crippen LogP contribution in [0.1, 0.15) is 0 Å². The van der Waals surface area contributed by atoms with Crippen LogP contribution < -0.4 is 0 Å². The molecule has 0 saturated carbocycles. The minimum absolute atomic E-state index is 1.05. The maximum atomic E-state index is 3.52. The highest BCUT2D eigenvalue weighted by molar-refractivity contribution is 9.13. The molecule has 1 radical (unpaired) electrons. The fourth-order valence-corrected chi connectivity index (χ4v) is 1.96. The molecule has 2 rings (SSSR count). The van der Waals surface area contributed by atoms with Crippen molar-refractivity contribution in [1.29, 1.82) is 0 Å². The zero-order chi connectivity index (χ0) is 9.26. The van der Waals surface area contributed by atoms with Crippen molar-refractivity contribution in [3.63, 3.8) is 0 Å². The van der Waals surface area contributed by atoms with Crippen LogP contribution in [0.4, 0.5) is 0 Å². The molecule has 65 valence electrons. The number of benzene rings is 1. The molecule has 1 heterocycles. The highest BCUT2D eigenvalue weighted by Gasteiger charge is 2.03. The third-order valence-electron chi connectivity index (χ3n) is 1.75. The van der Waals surface area contributed by atoms with E-state index in [0.29, 0.717) is 0 Å². The summed E-state index contributed by atoms with van der Waals surface area (Å²) in [6, 6.07) is 10.9. The lowest BCUT2D eigenvalue weighted by Crippen LogP contribution is -1.90. The predicted molar refractivity (Wildman–Crippen MR) is 60.0 cm³/mol. The van der Waals surface area contributed by atoms with Crippen LogP contribution in [-0.4, -0.2) is 4.57 Å². The summed E-state index contributed by atoms with van der Waals surface area (Å²) in [4.78, 5) is 0. The molecule has 0 amide bonds. The summed E-state index contributed by atoms with van der Waals surface area (Å²) in [6.45, 7) is 0. The number of hydrogen-bond donors (Lipinski definition) is 0. The van der Waals surface area contributed by atoms with Gasteiger partial charge < -0.3 is 4.57 Å². The van der Waals surface area contributed by atoms with E-state index >= 15 is 0 Å². The maximum Gasteiger partial charge on any atom is 0.0603 e. The van der Waals surface area contributed by atoms with Crippen LogP contribution >= 0.6 is 31.9 Å². The SMILES string of the molecule is Brc1cccc(-n2c[c]cc2)c1Br. The molecule has 0 aliphatic carbocycles. The van der Waals surface area contributed by atoms with E-state index in [1.807, 2.05) is 41.2 Å². The fourth-order valence-electron chi connectivity index (χ4n) is 1.13. The Kier molecular flexibility index (Phi) is 2.56. The van der Waals surface area contributed by atoms with Crippen LogP contribution in [0.5, 0.6) is 0 Å². The average molecular weight is 300 g/mol. The lowest BCUT2D eigenvalue weighted by molar-refractivity contribution is 1.07. The molecule has 0 unspecified atom stereocenters. The van der Waals surface area contributed by atoms with E-state index in [4.69, 9.17) is 0 Å². The summed E-state index contributed by atoms with van der Waals surface area (Å²) in [5.74, 6) is 0. The van der Waals surface area contributed by atoms with Crippen molar-refractivity contribution >= 4 is 31.9 Å². The van der Waals surface area contributed by atoms with Gasteiger partial charge in [0.05, 0.1) is 10.2 Å². The second-order valence-corrected chi connectivity index (χ2v) is 4.24. The Morgan fingerprint density at radius 3 is 2.77 bits per heavy atom. The summed E-state index contributed by atoms with van der Waals surface area (Å²) in [5.41, 5.74) is 1.11. The first-order chi connectivity index (χ1) is 6.29. The van der Waals surface area contributed by atoms with E-state index in [2.05, 4.69) is 37.9 Å². The molecule has 1 aromatic heterocycles. The summed E-state index contributed by atoms with van der Waals surface area (Å²) in [7, 11) is 0. The van der Waals surface area contributed by atoms with Gasteiger partial charge in [0.1, 0.15) is 0 Å². The normalized spacial score (nSPS) is 10.3. The fraction of sp³-hybridized carbons (Fsp3) is 0. The monoisotopic (exact) mass is 298 g/mol. The van der Waals surface area contributed by atoms with E-state index in [9.17, 15) is 0 Å². The van der Waals surface area contributed by atoms with Crippen LogP contribution in [0.15, 0.2) is 45.6 Å². The van der Waals surface area contributed by atoms with Gasteiger partial charge in [0.25, 0.3) is 0 Å². The van der Waals surface area contributed by atoms with Crippen molar-refractivity contribution in [3.05, 3.63) is 51.7 Å².